The molecule has 0 amide bonds. The van der Waals surface area contributed by atoms with E-state index in [4.69, 9.17) is 0 Å². The summed E-state index contributed by atoms with van der Waals surface area (Å²) in [5.41, 5.74) is 0. The van der Waals surface area contributed by atoms with Gasteiger partial charge in [0.2, 0.25) is 0 Å². The van der Waals surface area contributed by atoms with Gasteiger partial charge in [0.15, 0.2) is 0 Å². The second-order valence-electron chi connectivity index (χ2n) is 4.56. The molecule has 1 aliphatic rings. The van der Waals surface area contributed by atoms with Crippen LogP contribution in [0.4, 0.5) is 0 Å². The summed E-state index contributed by atoms with van der Waals surface area (Å²) in [6, 6.07) is 0.658. The molecule has 0 aliphatic carbocycles. The summed E-state index contributed by atoms with van der Waals surface area (Å²) >= 11 is 0. The summed E-state index contributed by atoms with van der Waals surface area (Å²) in [4.78, 5) is 0. The Balaban J connectivity index is 2.49. The first-order chi connectivity index (χ1) is 7.29. The average molecular weight is 210 g/mol. The van der Waals surface area contributed by atoms with Gasteiger partial charge in [0.1, 0.15) is 0 Å². The van der Waals surface area contributed by atoms with Crippen LogP contribution in [0.2, 0.25) is 0 Å². The minimum atomic E-state index is 0.658. The Morgan fingerprint density at radius 1 is 1.33 bits per heavy atom. The highest BCUT2D eigenvalue weighted by molar-refractivity contribution is 4.77. The molecule has 2 nitrogen and oxygen atoms in total. The molecule has 0 bridgehead atoms. The number of hydrogen-bond acceptors (Lipinski definition) is 2. The standard InChI is InChI=1S/C13H26N2/c1-4-9-13(3)15(10-5-2)14-11-7-6-8-12-14/h5,13H,2,4,6-12H2,1,3H3. The lowest BCUT2D eigenvalue weighted by atomic mass is 10.1. The van der Waals surface area contributed by atoms with Crippen molar-refractivity contribution in [3.05, 3.63) is 12.7 Å². The molecule has 1 unspecified atom stereocenters. The third kappa shape index (κ3) is 3.96. The van der Waals surface area contributed by atoms with Crippen molar-refractivity contribution in [2.24, 2.45) is 0 Å². The Labute approximate surface area is 94.9 Å². The van der Waals surface area contributed by atoms with Crippen LogP contribution in [0, 0.1) is 0 Å². The third-order valence-corrected chi connectivity index (χ3v) is 3.23. The van der Waals surface area contributed by atoms with E-state index in [-0.39, 0.29) is 0 Å². The van der Waals surface area contributed by atoms with Crippen LogP contribution >= 0.6 is 0 Å². The summed E-state index contributed by atoms with van der Waals surface area (Å²) < 4.78 is 0. The summed E-state index contributed by atoms with van der Waals surface area (Å²) in [7, 11) is 0. The molecule has 1 rings (SSSR count). The normalized spacial score (nSPS) is 20.5. The number of nitrogens with zero attached hydrogens (tertiary/aromatic N) is 2. The maximum Gasteiger partial charge on any atom is 0.0314 e. The molecular weight excluding hydrogens is 184 g/mol. The Morgan fingerprint density at radius 2 is 2.00 bits per heavy atom. The molecule has 2 heteroatoms. The SMILES string of the molecule is C=CCN(C(C)CCC)N1CCCCC1. The van der Waals surface area contributed by atoms with E-state index < -0.39 is 0 Å². The molecular formula is C13H26N2. The monoisotopic (exact) mass is 210 g/mol. The molecule has 1 fully saturated rings. The predicted octanol–water partition coefficient (Wildman–Crippen LogP) is 3.06. The molecule has 0 N–H and O–H groups in total. The number of hydrogen-bond donors (Lipinski definition) is 0. The van der Waals surface area contributed by atoms with E-state index in [1.165, 1.54) is 45.2 Å². The van der Waals surface area contributed by atoms with Crippen molar-refractivity contribution in [3.8, 4) is 0 Å². The fourth-order valence-corrected chi connectivity index (χ4v) is 2.41. The second-order valence-corrected chi connectivity index (χ2v) is 4.56. The van der Waals surface area contributed by atoms with Crippen LogP contribution in [0.25, 0.3) is 0 Å². The third-order valence-electron chi connectivity index (χ3n) is 3.23. The highest BCUT2D eigenvalue weighted by Gasteiger charge is 2.21. The molecule has 0 aromatic rings. The van der Waals surface area contributed by atoms with Gasteiger partial charge >= 0.3 is 0 Å². The van der Waals surface area contributed by atoms with Gasteiger partial charge in [-0.25, -0.2) is 10.0 Å². The van der Waals surface area contributed by atoms with E-state index in [1.807, 2.05) is 6.08 Å². The van der Waals surface area contributed by atoms with Crippen molar-refractivity contribution in [1.29, 1.82) is 0 Å². The molecule has 15 heavy (non-hydrogen) atoms. The fraction of sp³-hybridized carbons (Fsp3) is 0.846. The molecule has 0 spiro atoms. The van der Waals surface area contributed by atoms with E-state index >= 15 is 0 Å². The Morgan fingerprint density at radius 3 is 2.53 bits per heavy atom. The van der Waals surface area contributed by atoms with Gasteiger partial charge in [-0.15, -0.1) is 6.58 Å². The lowest BCUT2D eigenvalue weighted by molar-refractivity contribution is -0.0608. The van der Waals surface area contributed by atoms with Crippen LogP contribution in [0.1, 0.15) is 46.0 Å². The van der Waals surface area contributed by atoms with Gasteiger partial charge < -0.3 is 0 Å². The number of rotatable bonds is 6. The fourth-order valence-electron chi connectivity index (χ4n) is 2.41. The summed E-state index contributed by atoms with van der Waals surface area (Å²) in [5.74, 6) is 0. The maximum atomic E-state index is 3.87. The summed E-state index contributed by atoms with van der Waals surface area (Å²) in [6.07, 6.45) is 8.69. The first-order valence-electron chi connectivity index (χ1n) is 6.42. The maximum absolute atomic E-state index is 3.87. The van der Waals surface area contributed by atoms with Gasteiger partial charge in [-0.1, -0.05) is 25.8 Å². The molecule has 1 heterocycles. The van der Waals surface area contributed by atoms with Crippen molar-refractivity contribution < 1.29 is 0 Å². The van der Waals surface area contributed by atoms with E-state index in [9.17, 15) is 0 Å². The summed E-state index contributed by atoms with van der Waals surface area (Å²) in [5, 5.41) is 5.04. The van der Waals surface area contributed by atoms with Crippen molar-refractivity contribution in [2.45, 2.75) is 52.0 Å². The van der Waals surface area contributed by atoms with E-state index in [0.29, 0.717) is 6.04 Å². The van der Waals surface area contributed by atoms with Gasteiger partial charge in [-0.05, 0) is 26.2 Å². The van der Waals surface area contributed by atoms with Crippen LogP contribution < -0.4 is 0 Å². The molecule has 1 atom stereocenters. The van der Waals surface area contributed by atoms with E-state index in [1.54, 1.807) is 0 Å². The predicted molar refractivity (Wildman–Crippen MR) is 66.7 cm³/mol. The van der Waals surface area contributed by atoms with Crippen LogP contribution in [0.5, 0.6) is 0 Å². The van der Waals surface area contributed by atoms with Gasteiger partial charge in [0.05, 0.1) is 0 Å². The van der Waals surface area contributed by atoms with Crippen molar-refractivity contribution in [1.82, 2.24) is 10.0 Å². The van der Waals surface area contributed by atoms with Crippen molar-refractivity contribution in [3.63, 3.8) is 0 Å². The van der Waals surface area contributed by atoms with Crippen molar-refractivity contribution in [2.75, 3.05) is 19.6 Å². The minimum Gasteiger partial charge on any atom is -0.241 e. The highest BCUT2D eigenvalue weighted by atomic mass is 15.6. The molecule has 0 radical (unpaired) electrons. The molecule has 88 valence electrons. The first-order valence-corrected chi connectivity index (χ1v) is 6.42. The van der Waals surface area contributed by atoms with Crippen molar-refractivity contribution >= 4 is 0 Å². The van der Waals surface area contributed by atoms with Gasteiger partial charge in [-0.3, -0.25) is 0 Å². The Hall–Kier alpha value is -0.340. The molecule has 1 aliphatic heterocycles. The van der Waals surface area contributed by atoms with Gasteiger partial charge in [-0.2, -0.15) is 0 Å². The lowest BCUT2D eigenvalue weighted by Crippen LogP contribution is -2.49. The average Bonchev–Trinajstić information content (AvgIpc) is 2.27. The lowest BCUT2D eigenvalue weighted by Gasteiger charge is -2.40. The molecule has 0 aromatic carbocycles. The van der Waals surface area contributed by atoms with Crippen LogP contribution in [0.15, 0.2) is 12.7 Å². The second kappa shape index (κ2) is 7.02. The Kier molecular flexibility index (Phi) is 5.96. The zero-order valence-corrected chi connectivity index (χ0v) is 10.4. The van der Waals surface area contributed by atoms with E-state index in [2.05, 4.69) is 30.4 Å². The quantitative estimate of drug-likeness (QED) is 0.622. The highest BCUT2D eigenvalue weighted by Crippen LogP contribution is 2.16. The summed E-state index contributed by atoms with van der Waals surface area (Å²) in [6.45, 7) is 11.9. The largest absolute Gasteiger partial charge is 0.241 e. The first kappa shape index (κ1) is 12.7. The topological polar surface area (TPSA) is 6.48 Å². The minimum absolute atomic E-state index is 0.658. The zero-order valence-electron chi connectivity index (χ0n) is 10.4. The molecule has 0 saturated carbocycles. The molecule has 1 saturated heterocycles. The number of hydrazine groups is 1. The van der Waals surface area contributed by atoms with Crippen LogP contribution in [-0.2, 0) is 0 Å². The zero-order chi connectivity index (χ0) is 11.1. The van der Waals surface area contributed by atoms with Crippen LogP contribution in [0.3, 0.4) is 0 Å². The smallest absolute Gasteiger partial charge is 0.0314 e. The molecule has 0 aromatic heterocycles. The number of piperidine rings is 1. The van der Waals surface area contributed by atoms with Gasteiger partial charge in [0, 0.05) is 25.7 Å². The van der Waals surface area contributed by atoms with Gasteiger partial charge in [0.25, 0.3) is 0 Å². The van der Waals surface area contributed by atoms with E-state index in [0.717, 1.165) is 6.54 Å². The van der Waals surface area contributed by atoms with Crippen LogP contribution in [-0.4, -0.2) is 35.7 Å². The Bertz CT molecular complexity index is 173.